The van der Waals surface area contributed by atoms with Gasteiger partial charge in [0.15, 0.2) is 0 Å². The van der Waals surface area contributed by atoms with Gasteiger partial charge in [-0.3, -0.25) is 14.2 Å². The van der Waals surface area contributed by atoms with E-state index in [1.54, 1.807) is 0 Å². The van der Waals surface area contributed by atoms with Gasteiger partial charge in [0, 0.05) is 4.88 Å². The molecule has 1 N–H and O–H groups in total. The Hall–Kier alpha value is -2.47. The Morgan fingerprint density at radius 1 is 1.31 bits per heavy atom. The van der Waals surface area contributed by atoms with Crippen molar-refractivity contribution in [1.29, 1.82) is 0 Å². The summed E-state index contributed by atoms with van der Waals surface area (Å²) in [5.41, 5.74) is 3.75. The Labute approximate surface area is 155 Å². The smallest absolute Gasteiger partial charge is 0.262 e. The third-order valence-corrected chi connectivity index (χ3v) is 5.91. The summed E-state index contributed by atoms with van der Waals surface area (Å²) < 4.78 is 1.37. The zero-order chi connectivity index (χ0) is 18.3. The molecule has 0 radical (unpaired) electrons. The SMILES string of the molecule is Cc1cc2c(=O)n(CC(=O)N[C@H](C)c3ccc4c(c3)CCC4)cnc2s1. The van der Waals surface area contributed by atoms with Gasteiger partial charge < -0.3 is 5.32 Å². The lowest BCUT2D eigenvalue weighted by Gasteiger charge is -2.16. The van der Waals surface area contributed by atoms with Gasteiger partial charge in [-0.1, -0.05) is 18.2 Å². The van der Waals surface area contributed by atoms with Crippen LogP contribution in [0.2, 0.25) is 0 Å². The van der Waals surface area contributed by atoms with Gasteiger partial charge in [-0.05, 0) is 55.9 Å². The number of carbonyl (C=O) groups is 1. The van der Waals surface area contributed by atoms with E-state index in [-0.39, 0.29) is 24.1 Å². The maximum atomic E-state index is 12.5. The van der Waals surface area contributed by atoms with Crippen molar-refractivity contribution in [3.63, 3.8) is 0 Å². The zero-order valence-electron chi connectivity index (χ0n) is 14.9. The van der Waals surface area contributed by atoms with Gasteiger partial charge >= 0.3 is 0 Å². The number of benzene rings is 1. The van der Waals surface area contributed by atoms with Crippen molar-refractivity contribution in [3.8, 4) is 0 Å². The molecule has 5 nitrogen and oxygen atoms in total. The van der Waals surface area contributed by atoms with Gasteiger partial charge in [-0.25, -0.2) is 4.98 Å². The lowest BCUT2D eigenvalue weighted by Crippen LogP contribution is -2.33. The number of thiophene rings is 1. The second-order valence-electron chi connectivity index (χ2n) is 6.92. The first-order valence-corrected chi connectivity index (χ1v) is 9.69. The fourth-order valence-corrected chi connectivity index (χ4v) is 4.42. The highest BCUT2D eigenvalue weighted by Gasteiger charge is 2.16. The second-order valence-corrected chi connectivity index (χ2v) is 8.16. The van der Waals surface area contributed by atoms with E-state index in [1.165, 1.54) is 39.8 Å². The van der Waals surface area contributed by atoms with Crippen molar-refractivity contribution in [2.45, 2.75) is 45.7 Å². The first-order chi connectivity index (χ1) is 12.5. The average Bonchev–Trinajstić information content (AvgIpc) is 3.22. The predicted molar refractivity (Wildman–Crippen MR) is 104 cm³/mol. The average molecular weight is 367 g/mol. The summed E-state index contributed by atoms with van der Waals surface area (Å²) in [5.74, 6) is -0.187. The molecule has 0 aliphatic heterocycles. The fraction of sp³-hybridized carbons (Fsp3) is 0.350. The van der Waals surface area contributed by atoms with Crippen molar-refractivity contribution in [3.05, 3.63) is 62.5 Å². The summed E-state index contributed by atoms with van der Waals surface area (Å²) in [4.78, 5) is 31.0. The summed E-state index contributed by atoms with van der Waals surface area (Å²) in [6, 6.07) is 8.19. The predicted octanol–water partition coefficient (Wildman–Crippen LogP) is 3.13. The molecule has 3 aromatic rings. The van der Waals surface area contributed by atoms with E-state index in [0.29, 0.717) is 5.39 Å². The minimum Gasteiger partial charge on any atom is -0.348 e. The zero-order valence-corrected chi connectivity index (χ0v) is 15.7. The van der Waals surface area contributed by atoms with E-state index in [4.69, 9.17) is 0 Å². The molecular weight excluding hydrogens is 346 g/mol. The van der Waals surface area contributed by atoms with Crippen LogP contribution < -0.4 is 10.9 Å². The molecule has 1 aliphatic rings. The molecule has 2 heterocycles. The van der Waals surface area contributed by atoms with Crippen molar-refractivity contribution >= 4 is 27.5 Å². The van der Waals surface area contributed by atoms with Crippen LogP contribution in [0.15, 0.2) is 35.4 Å². The lowest BCUT2D eigenvalue weighted by atomic mass is 10.0. The van der Waals surface area contributed by atoms with Crippen LogP contribution >= 0.6 is 11.3 Å². The molecule has 4 rings (SSSR count). The third kappa shape index (κ3) is 3.17. The Balaban J connectivity index is 1.48. The maximum Gasteiger partial charge on any atom is 0.262 e. The maximum absolute atomic E-state index is 12.5. The molecule has 2 aromatic heterocycles. The van der Waals surface area contributed by atoms with Crippen LogP contribution in [0.5, 0.6) is 0 Å². The number of hydrogen-bond donors (Lipinski definition) is 1. The van der Waals surface area contributed by atoms with Gasteiger partial charge in [0.1, 0.15) is 11.4 Å². The van der Waals surface area contributed by atoms with Crippen molar-refractivity contribution in [2.75, 3.05) is 0 Å². The molecule has 6 heteroatoms. The van der Waals surface area contributed by atoms with Crippen LogP contribution in [0.25, 0.3) is 10.2 Å². The van der Waals surface area contributed by atoms with E-state index < -0.39 is 0 Å². The standard InChI is InChI=1S/C20H21N3O2S/c1-12-8-17-19(26-12)21-11-23(20(17)25)10-18(24)22-13(2)15-7-6-14-4-3-5-16(14)9-15/h6-9,11,13H,3-5,10H2,1-2H3,(H,22,24)/t13-/m1/s1. The summed E-state index contributed by atoms with van der Waals surface area (Å²) in [6.45, 7) is 3.90. The lowest BCUT2D eigenvalue weighted by molar-refractivity contribution is -0.122. The molecule has 1 amide bonds. The molecule has 1 aromatic carbocycles. The molecule has 1 aliphatic carbocycles. The van der Waals surface area contributed by atoms with Crippen molar-refractivity contribution in [2.24, 2.45) is 0 Å². The van der Waals surface area contributed by atoms with Crippen LogP contribution in [-0.2, 0) is 24.2 Å². The summed E-state index contributed by atoms with van der Waals surface area (Å²) >= 11 is 1.49. The Bertz CT molecular complexity index is 1050. The summed E-state index contributed by atoms with van der Waals surface area (Å²) in [5, 5.41) is 3.57. The van der Waals surface area contributed by atoms with Crippen LogP contribution in [0.1, 0.15) is 41.0 Å². The number of aryl methyl sites for hydroxylation is 3. The van der Waals surface area contributed by atoms with Gasteiger partial charge in [0.05, 0.1) is 17.8 Å². The number of nitrogens with zero attached hydrogens (tertiary/aromatic N) is 2. The van der Waals surface area contributed by atoms with Gasteiger partial charge in [-0.15, -0.1) is 11.3 Å². The molecule has 0 saturated carbocycles. The summed E-state index contributed by atoms with van der Waals surface area (Å²) in [6.07, 6.45) is 4.93. The van der Waals surface area contributed by atoms with Crippen molar-refractivity contribution in [1.82, 2.24) is 14.9 Å². The fourth-order valence-electron chi connectivity index (χ4n) is 3.58. The number of rotatable bonds is 4. The van der Waals surface area contributed by atoms with E-state index in [0.717, 1.165) is 28.1 Å². The van der Waals surface area contributed by atoms with Gasteiger partial charge in [0.2, 0.25) is 5.91 Å². The number of aromatic nitrogens is 2. The summed E-state index contributed by atoms with van der Waals surface area (Å²) in [7, 11) is 0. The van der Waals surface area contributed by atoms with E-state index >= 15 is 0 Å². The molecule has 1 atom stereocenters. The molecule has 0 bridgehead atoms. The van der Waals surface area contributed by atoms with Gasteiger partial charge in [0.25, 0.3) is 5.56 Å². The number of carbonyl (C=O) groups excluding carboxylic acids is 1. The second kappa shape index (κ2) is 6.68. The minimum atomic E-state index is -0.187. The normalized spacial score (nSPS) is 14.4. The monoisotopic (exact) mass is 367 g/mol. The third-order valence-electron chi connectivity index (χ3n) is 4.96. The number of fused-ring (bicyclic) bond motifs is 2. The van der Waals surface area contributed by atoms with E-state index in [1.807, 2.05) is 19.9 Å². The van der Waals surface area contributed by atoms with Crippen LogP contribution in [0, 0.1) is 6.92 Å². The van der Waals surface area contributed by atoms with Crippen LogP contribution in [-0.4, -0.2) is 15.5 Å². The highest BCUT2D eigenvalue weighted by molar-refractivity contribution is 7.18. The molecule has 0 spiro atoms. The van der Waals surface area contributed by atoms with Gasteiger partial charge in [-0.2, -0.15) is 0 Å². The largest absolute Gasteiger partial charge is 0.348 e. The highest BCUT2D eigenvalue weighted by atomic mass is 32.1. The molecule has 26 heavy (non-hydrogen) atoms. The molecule has 0 fully saturated rings. The topological polar surface area (TPSA) is 64.0 Å². The molecule has 134 valence electrons. The van der Waals surface area contributed by atoms with Crippen molar-refractivity contribution < 1.29 is 4.79 Å². The Morgan fingerprint density at radius 3 is 2.96 bits per heavy atom. The Kier molecular flexibility index (Phi) is 4.36. The van der Waals surface area contributed by atoms with E-state index in [9.17, 15) is 9.59 Å². The first-order valence-electron chi connectivity index (χ1n) is 8.88. The van der Waals surface area contributed by atoms with Crippen LogP contribution in [0.3, 0.4) is 0 Å². The minimum absolute atomic E-state index is 0.0219. The number of nitrogens with one attached hydrogen (secondary N) is 1. The first kappa shape index (κ1) is 17.0. The quantitative estimate of drug-likeness (QED) is 0.770. The molecule has 0 unspecified atom stereocenters. The number of hydrogen-bond acceptors (Lipinski definition) is 4. The highest BCUT2D eigenvalue weighted by Crippen LogP contribution is 2.25. The molecule has 0 saturated heterocycles. The Morgan fingerprint density at radius 2 is 2.12 bits per heavy atom. The van der Waals surface area contributed by atoms with Crippen LogP contribution in [0.4, 0.5) is 0 Å². The number of amides is 1. The van der Waals surface area contributed by atoms with E-state index in [2.05, 4.69) is 28.5 Å². The molecular formula is C20H21N3O2S.